The molecular formula is C20H22N4O2. The van der Waals surface area contributed by atoms with Crippen LogP contribution in [0.1, 0.15) is 40.2 Å². The number of pyridine rings is 1. The van der Waals surface area contributed by atoms with Crippen molar-refractivity contribution in [2.24, 2.45) is 0 Å². The number of aryl methyl sites for hydroxylation is 2. The highest BCUT2D eigenvalue weighted by Gasteiger charge is 2.12. The minimum Gasteiger partial charge on any atom is -0.356 e. The molecule has 0 radical (unpaired) electrons. The summed E-state index contributed by atoms with van der Waals surface area (Å²) in [5, 5.41) is 11.1. The quantitative estimate of drug-likeness (QED) is 0.665. The van der Waals surface area contributed by atoms with E-state index >= 15 is 0 Å². The molecule has 0 aliphatic carbocycles. The molecule has 0 unspecified atom stereocenters. The van der Waals surface area contributed by atoms with Crippen molar-refractivity contribution in [3.63, 3.8) is 0 Å². The Hall–Kier alpha value is -3.02. The number of nitrogens with one attached hydrogen (secondary N) is 1. The summed E-state index contributed by atoms with van der Waals surface area (Å²) in [6.07, 6.45) is 2.88. The number of nitrogens with zero attached hydrogens (tertiary/aromatic N) is 3. The molecule has 0 saturated carbocycles. The van der Waals surface area contributed by atoms with Crippen LogP contribution in [0.25, 0.3) is 5.65 Å². The van der Waals surface area contributed by atoms with Gasteiger partial charge in [0.15, 0.2) is 11.4 Å². The average molecular weight is 350 g/mol. The molecule has 0 atom stereocenters. The molecule has 6 heteroatoms. The van der Waals surface area contributed by atoms with Gasteiger partial charge in [-0.05, 0) is 37.6 Å². The lowest BCUT2D eigenvalue weighted by atomic mass is 9.99. The van der Waals surface area contributed by atoms with E-state index in [1.165, 1.54) is 0 Å². The van der Waals surface area contributed by atoms with Crippen LogP contribution in [0, 0.1) is 13.8 Å². The monoisotopic (exact) mass is 350 g/mol. The summed E-state index contributed by atoms with van der Waals surface area (Å²) >= 11 is 0. The SMILES string of the molecule is Cc1ccc(C)c(C(=O)CCC(=O)NCCc2nnc3ccccn23)c1. The van der Waals surface area contributed by atoms with Crippen LogP contribution >= 0.6 is 0 Å². The van der Waals surface area contributed by atoms with Gasteiger partial charge >= 0.3 is 0 Å². The number of fused-ring (bicyclic) bond motifs is 1. The Bertz CT molecular complexity index is 946. The fraction of sp³-hybridized carbons (Fsp3) is 0.300. The predicted molar refractivity (Wildman–Crippen MR) is 99.2 cm³/mol. The highest BCUT2D eigenvalue weighted by Crippen LogP contribution is 2.13. The molecule has 134 valence electrons. The molecule has 0 bridgehead atoms. The van der Waals surface area contributed by atoms with Gasteiger partial charge in [0.2, 0.25) is 5.91 Å². The molecule has 26 heavy (non-hydrogen) atoms. The number of rotatable bonds is 7. The number of hydrogen-bond donors (Lipinski definition) is 1. The number of carbonyl (C=O) groups is 2. The van der Waals surface area contributed by atoms with Gasteiger partial charge in [0.25, 0.3) is 0 Å². The fourth-order valence-electron chi connectivity index (χ4n) is 2.86. The lowest BCUT2D eigenvalue weighted by Gasteiger charge is -2.07. The second-order valence-corrected chi connectivity index (χ2v) is 6.39. The van der Waals surface area contributed by atoms with E-state index in [4.69, 9.17) is 0 Å². The minimum atomic E-state index is -0.127. The van der Waals surface area contributed by atoms with Crippen LogP contribution in [-0.4, -0.2) is 32.8 Å². The van der Waals surface area contributed by atoms with Crippen molar-refractivity contribution in [1.82, 2.24) is 19.9 Å². The summed E-state index contributed by atoms with van der Waals surface area (Å²) in [6, 6.07) is 11.5. The Morgan fingerprint density at radius 3 is 2.77 bits per heavy atom. The number of benzene rings is 1. The molecule has 0 aliphatic rings. The molecule has 1 amide bonds. The number of aromatic nitrogens is 3. The molecule has 1 N–H and O–H groups in total. The summed E-state index contributed by atoms with van der Waals surface area (Å²) in [7, 11) is 0. The van der Waals surface area contributed by atoms with Gasteiger partial charge in [-0.1, -0.05) is 23.8 Å². The first kappa shape index (κ1) is 17.8. The summed E-state index contributed by atoms with van der Waals surface area (Å²) in [6.45, 7) is 4.33. The van der Waals surface area contributed by atoms with E-state index in [9.17, 15) is 9.59 Å². The average Bonchev–Trinajstić information content (AvgIpc) is 3.05. The highest BCUT2D eigenvalue weighted by molar-refractivity contribution is 5.99. The Kier molecular flexibility index (Phi) is 5.41. The van der Waals surface area contributed by atoms with Gasteiger partial charge in [0.05, 0.1) is 0 Å². The van der Waals surface area contributed by atoms with Gasteiger partial charge in [-0.2, -0.15) is 0 Å². The van der Waals surface area contributed by atoms with Crippen molar-refractivity contribution in [3.8, 4) is 0 Å². The molecule has 0 aliphatic heterocycles. The lowest BCUT2D eigenvalue weighted by molar-refractivity contribution is -0.121. The number of amides is 1. The van der Waals surface area contributed by atoms with E-state index in [1.807, 2.05) is 60.8 Å². The molecule has 1 aromatic carbocycles. The maximum Gasteiger partial charge on any atom is 0.220 e. The predicted octanol–water partition coefficient (Wildman–Crippen LogP) is 2.67. The zero-order valence-corrected chi connectivity index (χ0v) is 15.0. The third-order valence-corrected chi connectivity index (χ3v) is 4.33. The molecular weight excluding hydrogens is 328 g/mol. The van der Waals surface area contributed by atoms with Gasteiger partial charge in [0, 0.05) is 37.6 Å². The van der Waals surface area contributed by atoms with E-state index in [0.29, 0.717) is 18.5 Å². The van der Waals surface area contributed by atoms with Gasteiger partial charge in [-0.25, -0.2) is 0 Å². The van der Waals surface area contributed by atoms with Crippen LogP contribution in [0.3, 0.4) is 0 Å². The first-order valence-corrected chi connectivity index (χ1v) is 8.70. The van der Waals surface area contributed by atoms with Gasteiger partial charge in [0.1, 0.15) is 5.82 Å². The Balaban J connectivity index is 1.47. The van der Waals surface area contributed by atoms with Gasteiger partial charge in [-0.3, -0.25) is 14.0 Å². The Morgan fingerprint density at radius 1 is 1.08 bits per heavy atom. The lowest BCUT2D eigenvalue weighted by Crippen LogP contribution is -2.26. The molecule has 0 spiro atoms. The second kappa shape index (κ2) is 7.91. The first-order valence-electron chi connectivity index (χ1n) is 8.70. The van der Waals surface area contributed by atoms with Crippen LogP contribution in [0.5, 0.6) is 0 Å². The van der Waals surface area contributed by atoms with E-state index in [-0.39, 0.29) is 24.5 Å². The fourth-order valence-corrected chi connectivity index (χ4v) is 2.86. The van der Waals surface area contributed by atoms with Crippen molar-refractivity contribution in [2.75, 3.05) is 6.54 Å². The number of hydrogen-bond acceptors (Lipinski definition) is 4. The van der Waals surface area contributed by atoms with Crippen LogP contribution in [0.4, 0.5) is 0 Å². The molecule has 6 nitrogen and oxygen atoms in total. The molecule has 2 heterocycles. The highest BCUT2D eigenvalue weighted by atomic mass is 16.2. The zero-order chi connectivity index (χ0) is 18.5. The van der Waals surface area contributed by atoms with E-state index < -0.39 is 0 Å². The van der Waals surface area contributed by atoms with Crippen molar-refractivity contribution in [2.45, 2.75) is 33.1 Å². The third kappa shape index (κ3) is 4.14. The number of Topliss-reactive ketones (excluding diaryl/α,β-unsaturated/α-hetero) is 1. The van der Waals surface area contributed by atoms with E-state index in [0.717, 1.165) is 22.6 Å². The summed E-state index contributed by atoms with van der Waals surface area (Å²) in [5.41, 5.74) is 3.48. The third-order valence-electron chi connectivity index (χ3n) is 4.33. The van der Waals surface area contributed by atoms with Crippen LogP contribution in [-0.2, 0) is 11.2 Å². The molecule has 2 aromatic heterocycles. The van der Waals surface area contributed by atoms with E-state index in [1.54, 1.807) is 0 Å². The molecule has 0 saturated heterocycles. The van der Waals surface area contributed by atoms with Crippen molar-refractivity contribution in [3.05, 3.63) is 65.1 Å². The molecule has 0 fully saturated rings. The van der Waals surface area contributed by atoms with Gasteiger partial charge < -0.3 is 5.32 Å². The van der Waals surface area contributed by atoms with Crippen molar-refractivity contribution in [1.29, 1.82) is 0 Å². The summed E-state index contributed by atoms with van der Waals surface area (Å²) < 4.78 is 1.90. The largest absolute Gasteiger partial charge is 0.356 e. The summed E-state index contributed by atoms with van der Waals surface area (Å²) in [5.74, 6) is 0.676. The Labute approximate surface area is 152 Å². The van der Waals surface area contributed by atoms with Crippen molar-refractivity contribution >= 4 is 17.3 Å². The van der Waals surface area contributed by atoms with Crippen LogP contribution in [0.15, 0.2) is 42.6 Å². The standard InChI is InChI=1S/C20H22N4O2/c1-14-6-7-15(2)16(13-14)17(25)8-9-20(26)21-11-10-19-23-22-18-5-3-4-12-24(18)19/h3-7,12-13H,8-11H2,1-2H3,(H,21,26). The van der Waals surface area contributed by atoms with Crippen LogP contribution < -0.4 is 5.32 Å². The molecule has 3 aromatic rings. The number of carbonyl (C=O) groups excluding carboxylic acids is 2. The Morgan fingerprint density at radius 2 is 1.92 bits per heavy atom. The normalized spacial score (nSPS) is 10.8. The van der Waals surface area contributed by atoms with Gasteiger partial charge in [-0.15, -0.1) is 10.2 Å². The topological polar surface area (TPSA) is 76.4 Å². The summed E-state index contributed by atoms with van der Waals surface area (Å²) in [4.78, 5) is 24.3. The second-order valence-electron chi connectivity index (χ2n) is 6.39. The maximum atomic E-state index is 12.3. The van der Waals surface area contributed by atoms with Crippen molar-refractivity contribution < 1.29 is 9.59 Å². The zero-order valence-electron chi connectivity index (χ0n) is 15.0. The van der Waals surface area contributed by atoms with E-state index in [2.05, 4.69) is 15.5 Å². The molecule has 3 rings (SSSR count). The smallest absolute Gasteiger partial charge is 0.220 e. The first-order chi connectivity index (χ1) is 12.5. The minimum absolute atomic E-state index is 0.00445. The number of ketones is 1. The maximum absolute atomic E-state index is 12.3. The van der Waals surface area contributed by atoms with Crippen LogP contribution in [0.2, 0.25) is 0 Å².